The lowest BCUT2D eigenvalue weighted by Crippen LogP contribution is -2.28. The molecule has 1 atom stereocenters. The normalized spacial score (nSPS) is 19.6. The van der Waals surface area contributed by atoms with E-state index in [1.54, 1.807) is 11.3 Å². The molecule has 19 heavy (non-hydrogen) atoms. The van der Waals surface area contributed by atoms with E-state index in [0.717, 1.165) is 34.0 Å². The van der Waals surface area contributed by atoms with Gasteiger partial charge in [-0.3, -0.25) is 0 Å². The Morgan fingerprint density at radius 3 is 2.89 bits per heavy atom. The third-order valence-corrected chi connectivity index (χ3v) is 4.97. The van der Waals surface area contributed by atoms with Crippen LogP contribution in [0.3, 0.4) is 0 Å². The van der Waals surface area contributed by atoms with Gasteiger partial charge in [0.15, 0.2) is 0 Å². The predicted octanol–water partition coefficient (Wildman–Crippen LogP) is 4.09. The fourth-order valence-corrected chi connectivity index (χ4v) is 3.74. The van der Waals surface area contributed by atoms with Crippen LogP contribution in [0.5, 0.6) is 0 Å². The van der Waals surface area contributed by atoms with E-state index < -0.39 is 0 Å². The fourth-order valence-electron chi connectivity index (χ4n) is 2.40. The molecule has 1 unspecified atom stereocenters. The molecule has 1 aliphatic heterocycles. The number of piperidine rings is 1. The molecule has 3 nitrogen and oxygen atoms in total. The Morgan fingerprint density at radius 2 is 2.21 bits per heavy atom. The van der Waals surface area contributed by atoms with E-state index in [0.29, 0.717) is 6.04 Å². The molecule has 5 heteroatoms. The van der Waals surface area contributed by atoms with Crippen molar-refractivity contribution in [2.24, 2.45) is 0 Å². The number of thiophene rings is 1. The number of hydrogen-bond acceptors (Lipinski definition) is 4. The van der Waals surface area contributed by atoms with E-state index in [2.05, 4.69) is 44.4 Å². The number of aromatic nitrogens is 2. The van der Waals surface area contributed by atoms with Gasteiger partial charge in [-0.05, 0) is 60.4 Å². The molecule has 0 radical (unpaired) electrons. The van der Waals surface area contributed by atoms with E-state index in [-0.39, 0.29) is 0 Å². The highest BCUT2D eigenvalue weighted by Crippen LogP contribution is 2.31. The van der Waals surface area contributed by atoms with Crippen LogP contribution in [0.2, 0.25) is 0 Å². The zero-order valence-corrected chi connectivity index (χ0v) is 13.2. The second kappa shape index (κ2) is 5.69. The van der Waals surface area contributed by atoms with Gasteiger partial charge in [0, 0.05) is 5.69 Å². The molecule has 1 fully saturated rings. The average Bonchev–Trinajstić information content (AvgIpc) is 2.86. The number of nitrogens with one attached hydrogen (secondary N) is 1. The van der Waals surface area contributed by atoms with Crippen LogP contribution < -0.4 is 5.32 Å². The molecule has 2 aromatic rings. The molecule has 1 N–H and O–H groups in total. The van der Waals surface area contributed by atoms with Crippen molar-refractivity contribution in [3.05, 3.63) is 33.5 Å². The van der Waals surface area contributed by atoms with E-state index in [9.17, 15) is 0 Å². The Kier molecular flexibility index (Phi) is 3.96. The number of rotatable bonds is 2. The number of halogens is 1. The smallest absolute Gasteiger partial charge is 0.146 e. The van der Waals surface area contributed by atoms with Gasteiger partial charge in [-0.15, -0.1) is 11.3 Å². The minimum atomic E-state index is 0.316. The fraction of sp³-hybridized carbons (Fsp3) is 0.429. The van der Waals surface area contributed by atoms with Gasteiger partial charge in [0.1, 0.15) is 5.82 Å². The lowest BCUT2D eigenvalue weighted by Gasteiger charge is -2.22. The second-order valence-corrected chi connectivity index (χ2v) is 7.32. The first-order valence-electron chi connectivity index (χ1n) is 6.57. The quantitative estimate of drug-likeness (QED) is 0.896. The highest BCUT2D eigenvalue weighted by molar-refractivity contribution is 9.11. The van der Waals surface area contributed by atoms with E-state index in [4.69, 9.17) is 4.98 Å². The highest BCUT2D eigenvalue weighted by Gasteiger charge is 2.18. The first-order chi connectivity index (χ1) is 9.22. The van der Waals surface area contributed by atoms with Gasteiger partial charge in [0.25, 0.3) is 0 Å². The molecule has 3 rings (SSSR count). The molecule has 0 aliphatic carbocycles. The van der Waals surface area contributed by atoms with Crippen molar-refractivity contribution in [3.8, 4) is 10.6 Å². The first kappa shape index (κ1) is 13.2. The van der Waals surface area contributed by atoms with Crippen LogP contribution in [0.15, 0.2) is 22.0 Å². The zero-order chi connectivity index (χ0) is 13.2. The van der Waals surface area contributed by atoms with Crippen LogP contribution in [-0.2, 0) is 0 Å². The van der Waals surface area contributed by atoms with Crippen LogP contribution in [0.25, 0.3) is 10.6 Å². The highest BCUT2D eigenvalue weighted by atomic mass is 79.9. The Labute approximate surface area is 125 Å². The summed E-state index contributed by atoms with van der Waals surface area (Å²) in [6, 6.07) is 6.55. The van der Waals surface area contributed by atoms with Crippen LogP contribution in [-0.4, -0.2) is 16.5 Å². The topological polar surface area (TPSA) is 37.8 Å². The molecule has 0 spiro atoms. The Balaban J connectivity index is 1.95. The lowest BCUT2D eigenvalue weighted by atomic mass is 10.0. The Morgan fingerprint density at radius 1 is 1.32 bits per heavy atom. The minimum absolute atomic E-state index is 0.316. The summed E-state index contributed by atoms with van der Waals surface area (Å²) in [5, 5.41) is 3.52. The first-order valence-corrected chi connectivity index (χ1v) is 8.18. The van der Waals surface area contributed by atoms with Crippen molar-refractivity contribution in [1.82, 2.24) is 15.3 Å². The van der Waals surface area contributed by atoms with E-state index in [1.807, 2.05) is 6.92 Å². The largest absolute Gasteiger partial charge is 0.307 e. The number of hydrogen-bond donors (Lipinski definition) is 1. The minimum Gasteiger partial charge on any atom is -0.307 e. The molecule has 0 amide bonds. The molecular formula is C14H16BrN3S. The third kappa shape index (κ3) is 3.04. The SMILES string of the molecule is Cc1cc(-c2ccc(Br)s2)nc(C2CCCCN2)n1. The molecule has 0 bridgehead atoms. The summed E-state index contributed by atoms with van der Waals surface area (Å²) in [4.78, 5) is 10.6. The van der Waals surface area contributed by atoms with Crippen LogP contribution in [0, 0.1) is 6.92 Å². The molecular weight excluding hydrogens is 322 g/mol. The summed E-state index contributed by atoms with van der Waals surface area (Å²) < 4.78 is 1.14. The van der Waals surface area contributed by atoms with Crippen molar-refractivity contribution in [2.45, 2.75) is 32.2 Å². The van der Waals surface area contributed by atoms with Gasteiger partial charge >= 0.3 is 0 Å². The number of aryl methyl sites for hydroxylation is 1. The van der Waals surface area contributed by atoms with Crippen molar-refractivity contribution in [2.75, 3.05) is 6.54 Å². The molecule has 2 aromatic heterocycles. The van der Waals surface area contributed by atoms with Gasteiger partial charge in [0.2, 0.25) is 0 Å². The number of nitrogens with zero attached hydrogens (tertiary/aromatic N) is 2. The molecule has 3 heterocycles. The van der Waals surface area contributed by atoms with Crippen LogP contribution in [0.4, 0.5) is 0 Å². The van der Waals surface area contributed by atoms with E-state index in [1.165, 1.54) is 17.7 Å². The summed E-state index contributed by atoms with van der Waals surface area (Å²) in [5.41, 5.74) is 2.07. The van der Waals surface area contributed by atoms with Gasteiger partial charge in [-0.1, -0.05) is 6.42 Å². The molecule has 0 saturated carbocycles. The van der Waals surface area contributed by atoms with Crippen LogP contribution in [0.1, 0.15) is 36.8 Å². The Hall–Kier alpha value is -0.780. The van der Waals surface area contributed by atoms with Crippen molar-refractivity contribution < 1.29 is 0 Å². The predicted molar refractivity (Wildman–Crippen MR) is 82.4 cm³/mol. The zero-order valence-electron chi connectivity index (χ0n) is 10.8. The maximum Gasteiger partial charge on any atom is 0.146 e. The maximum absolute atomic E-state index is 4.76. The maximum atomic E-state index is 4.76. The van der Waals surface area contributed by atoms with Crippen LogP contribution >= 0.6 is 27.3 Å². The van der Waals surface area contributed by atoms with Gasteiger partial charge in [0.05, 0.1) is 20.4 Å². The Bertz CT molecular complexity index is 576. The van der Waals surface area contributed by atoms with Crippen molar-refractivity contribution >= 4 is 27.3 Å². The van der Waals surface area contributed by atoms with Crippen molar-refractivity contribution in [3.63, 3.8) is 0 Å². The average molecular weight is 338 g/mol. The summed E-state index contributed by atoms with van der Waals surface area (Å²) in [6.45, 7) is 3.11. The van der Waals surface area contributed by atoms with Gasteiger partial charge in [-0.2, -0.15) is 0 Å². The van der Waals surface area contributed by atoms with E-state index >= 15 is 0 Å². The lowest BCUT2D eigenvalue weighted by molar-refractivity contribution is 0.397. The van der Waals surface area contributed by atoms with Gasteiger partial charge < -0.3 is 5.32 Å². The summed E-state index contributed by atoms with van der Waals surface area (Å²) in [7, 11) is 0. The standard InChI is InChI=1S/C14H16BrN3S/c1-9-8-11(12-5-6-13(15)19-12)18-14(17-9)10-4-2-3-7-16-10/h5-6,8,10,16H,2-4,7H2,1H3. The van der Waals surface area contributed by atoms with Crippen molar-refractivity contribution in [1.29, 1.82) is 0 Å². The molecule has 100 valence electrons. The summed E-state index contributed by atoms with van der Waals surface area (Å²) in [5.74, 6) is 0.944. The monoisotopic (exact) mass is 337 g/mol. The molecule has 1 aliphatic rings. The molecule has 1 saturated heterocycles. The summed E-state index contributed by atoms with van der Waals surface area (Å²) >= 11 is 5.22. The van der Waals surface area contributed by atoms with Gasteiger partial charge in [-0.25, -0.2) is 9.97 Å². The second-order valence-electron chi connectivity index (χ2n) is 4.86. The molecule has 0 aromatic carbocycles. The summed E-state index contributed by atoms with van der Waals surface area (Å²) in [6.07, 6.45) is 3.65. The third-order valence-electron chi connectivity index (χ3n) is 3.32.